The Labute approximate surface area is 206 Å². The van der Waals surface area contributed by atoms with Crippen molar-refractivity contribution in [1.82, 2.24) is 0 Å². The van der Waals surface area contributed by atoms with E-state index in [2.05, 4.69) is 0 Å². The monoisotopic (exact) mass is 488 g/mol. The molecule has 0 saturated heterocycles. The van der Waals surface area contributed by atoms with Gasteiger partial charge in [-0.3, -0.25) is 19.2 Å². The highest BCUT2D eigenvalue weighted by atomic mass is 16.5. The molecule has 0 spiro atoms. The van der Waals surface area contributed by atoms with Crippen molar-refractivity contribution >= 4 is 23.9 Å². The van der Waals surface area contributed by atoms with Crippen molar-refractivity contribution in [3.8, 4) is 0 Å². The van der Waals surface area contributed by atoms with Gasteiger partial charge in [-0.05, 0) is 67.2 Å². The topological polar surface area (TPSA) is 105 Å². The van der Waals surface area contributed by atoms with Crippen LogP contribution in [0.25, 0.3) is 0 Å². The molecule has 0 aliphatic rings. The van der Waals surface area contributed by atoms with Crippen LogP contribution in [0.5, 0.6) is 0 Å². The standard InChI is InChI=1S/C14H26O4.C12H22O4/c1-3-17-13(15)11-9-7-5-6-8-10-12-14(16)18-4-2;1-9(2)15-11(13)7-5-6-8-12(14)16-10(3)4/h3-12H2,1-2H3;9-10H,5-8H2,1-4H3. The second-order valence-corrected chi connectivity index (χ2v) is 8.52. The quantitative estimate of drug-likeness (QED) is 0.138. The Hall–Kier alpha value is -2.12. The van der Waals surface area contributed by atoms with Crippen molar-refractivity contribution in [1.29, 1.82) is 0 Å². The number of ether oxygens (including phenoxy) is 4. The maximum atomic E-state index is 11.1. The van der Waals surface area contributed by atoms with E-state index < -0.39 is 0 Å². The molecule has 0 aliphatic carbocycles. The highest BCUT2D eigenvalue weighted by Crippen LogP contribution is 2.09. The fourth-order valence-corrected chi connectivity index (χ4v) is 2.89. The first-order valence-electron chi connectivity index (χ1n) is 12.8. The van der Waals surface area contributed by atoms with Crippen molar-refractivity contribution in [2.45, 2.75) is 131 Å². The summed E-state index contributed by atoms with van der Waals surface area (Å²) in [5.41, 5.74) is 0. The molecule has 8 heteroatoms. The normalized spacial score (nSPS) is 10.4. The van der Waals surface area contributed by atoms with Gasteiger partial charge >= 0.3 is 23.9 Å². The Morgan fingerprint density at radius 1 is 0.471 bits per heavy atom. The van der Waals surface area contributed by atoms with Gasteiger partial charge in [-0.15, -0.1) is 0 Å². The van der Waals surface area contributed by atoms with Crippen LogP contribution in [0.2, 0.25) is 0 Å². The van der Waals surface area contributed by atoms with Gasteiger partial charge in [0.25, 0.3) is 0 Å². The average molecular weight is 489 g/mol. The molecule has 0 fully saturated rings. The van der Waals surface area contributed by atoms with E-state index in [9.17, 15) is 19.2 Å². The first-order valence-corrected chi connectivity index (χ1v) is 12.8. The predicted molar refractivity (Wildman–Crippen MR) is 131 cm³/mol. The highest BCUT2D eigenvalue weighted by molar-refractivity contribution is 5.71. The summed E-state index contributed by atoms with van der Waals surface area (Å²) in [5, 5.41) is 0. The fraction of sp³-hybridized carbons (Fsp3) is 0.846. The van der Waals surface area contributed by atoms with Crippen molar-refractivity contribution in [3.63, 3.8) is 0 Å². The molecule has 0 N–H and O–H groups in total. The molecular weight excluding hydrogens is 440 g/mol. The molecular formula is C26H48O8. The molecule has 0 heterocycles. The first-order chi connectivity index (χ1) is 16.1. The summed E-state index contributed by atoms with van der Waals surface area (Å²) in [4.78, 5) is 44.4. The smallest absolute Gasteiger partial charge is 0.306 e. The molecule has 0 saturated carbocycles. The number of hydrogen-bond donors (Lipinski definition) is 0. The third-order valence-electron chi connectivity index (χ3n) is 4.37. The zero-order valence-electron chi connectivity index (χ0n) is 22.3. The molecule has 0 aliphatic heterocycles. The molecule has 0 aromatic heterocycles. The van der Waals surface area contributed by atoms with Gasteiger partial charge in [0.15, 0.2) is 0 Å². The first kappa shape index (κ1) is 34.0. The van der Waals surface area contributed by atoms with Crippen LogP contribution in [-0.4, -0.2) is 49.3 Å². The van der Waals surface area contributed by atoms with Crippen molar-refractivity contribution in [2.24, 2.45) is 0 Å². The number of rotatable bonds is 18. The van der Waals surface area contributed by atoms with E-state index in [1.807, 2.05) is 41.5 Å². The van der Waals surface area contributed by atoms with E-state index in [1.54, 1.807) is 0 Å². The zero-order valence-corrected chi connectivity index (χ0v) is 22.3. The maximum absolute atomic E-state index is 11.1. The minimum Gasteiger partial charge on any atom is -0.466 e. The molecule has 0 atom stereocenters. The fourth-order valence-electron chi connectivity index (χ4n) is 2.89. The third kappa shape index (κ3) is 27.9. The van der Waals surface area contributed by atoms with Crippen LogP contribution >= 0.6 is 0 Å². The molecule has 34 heavy (non-hydrogen) atoms. The van der Waals surface area contributed by atoms with Gasteiger partial charge in [-0.1, -0.05) is 25.7 Å². The van der Waals surface area contributed by atoms with E-state index >= 15 is 0 Å². The summed E-state index contributed by atoms with van der Waals surface area (Å²) in [5.74, 6) is -0.598. The molecule has 0 bridgehead atoms. The van der Waals surface area contributed by atoms with E-state index in [4.69, 9.17) is 18.9 Å². The Morgan fingerprint density at radius 2 is 0.735 bits per heavy atom. The summed E-state index contributed by atoms with van der Waals surface area (Å²) in [6.07, 6.45) is 9.11. The molecule has 0 unspecified atom stereocenters. The minimum atomic E-state index is -0.202. The van der Waals surface area contributed by atoms with Crippen molar-refractivity contribution < 1.29 is 38.1 Å². The Balaban J connectivity index is 0. The van der Waals surface area contributed by atoms with Crippen LogP contribution in [0.3, 0.4) is 0 Å². The number of esters is 4. The molecule has 0 radical (unpaired) electrons. The number of unbranched alkanes of at least 4 members (excludes halogenated alkanes) is 6. The predicted octanol–water partition coefficient (Wildman–Crippen LogP) is 5.68. The van der Waals surface area contributed by atoms with Crippen molar-refractivity contribution in [3.05, 3.63) is 0 Å². The van der Waals surface area contributed by atoms with E-state index in [1.165, 1.54) is 0 Å². The summed E-state index contributed by atoms with van der Waals surface area (Å²) < 4.78 is 19.6. The van der Waals surface area contributed by atoms with Crippen LogP contribution in [-0.2, 0) is 38.1 Å². The lowest BCUT2D eigenvalue weighted by Gasteiger charge is -2.08. The average Bonchev–Trinajstić information content (AvgIpc) is 2.73. The van der Waals surface area contributed by atoms with Crippen LogP contribution in [0.15, 0.2) is 0 Å². The molecule has 200 valence electrons. The maximum Gasteiger partial charge on any atom is 0.306 e. The van der Waals surface area contributed by atoms with Gasteiger partial charge in [0, 0.05) is 25.7 Å². The SMILES string of the molecule is CC(C)OC(=O)CCCCC(=O)OC(C)C.CCOC(=O)CCCCCCCCC(=O)OCC. The van der Waals surface area contributed by atoms with Crippen LogP contribution < -0.4 is 0 Å². The van der Waals surface area contributed by atoms with E-state index in [0.717, 1.165) is 38.5 Å². The highest BCUT2D eigenvalue weighted by Gasteiger charge is 2.08. The largest absolute Gasteiger partial charge is 0.466 e. The van der Waals surface area contributed by atoms with Gasteiger partial charge < -0.3 is 18.9 Å². The number of carbonyl (C=O) groups is 4. The van der Waals surface area contributed by atoms with E-state index in [0.29, 0.717) is 51.7 Å². The van der Waals surface area contributed by atoms with Crippen molar-refractivity contribution in [2.75, 3.05) is 13.2 Å². The molecule has 0 aromatic carbocycles. The second-order valence-electron chi connectivity index (χ2n) is 8.52. The van der Waals surface area contributed by atoms with Gasteiger partial charge in [0.2, 0.25) is 0 Å². The summed E-state index contributed by atoms with van der Waals surface area (Å²) >= 11 is 0. The number of carbonyl (C=O) groups excluding carboxylic acids is 4. The second kappa shape index (κ2) is 24.0. The Morgan fingerprint density at radius 3 is 1.03 bits per heavy atom. The molecule has 0 rings (SSSR count). The summed E-state index contributed by atoms with van der Waals surface area (Å²) in [6.45, 7) is 11.8. The van der Waals surface area contributed by atoms with E-state index in [-0.39, 0.29) is 36.1 Å². The van der Waals surface area contributed by atoms with Gasteiger partial charge in [-0.25, -0.2) is 0 Å². The summed E-state index contributed by atoms with van der Waals surface area (Å²) in [7, 11) is 0. The number of hydrogen-bond acceptors (Lipinski definition) is 8. The third-order valence-corrected chi connectivity index (χ3v) is 4.37. The van der Waals surface area contributed by atoms with Crippen LogP contribution in [0.1, 0.15) is 119 Å². The van der Waals surface area contributed by atoms with Gasteiger partial charge in [-0.2, -0.15) is 0 Å². The lowest BCUT2D eigenvalue weighted by atomic mass is 10.1. The Kier molecular flexibility index (Phi) is 24.1. The van der Waals surface area contributed by atoms with Crippen LogP contribution in [0.4, 0.5) is 0 Å². The Bertz CT molecular complexity index is 495. The molecule has 0 aromatic rings. The lowest BCUT2D eigenvalue weighted by molar-refractivity contribution is -0.149. The minimum absolute atomic E-state index is 0.0709. The summed E-state index contributed by atoms with van der Waals surface area (Å²) in [6, 6.07) is 0. The lowest BCUT2D eigenvalue weighted by Crippen LogP contribution is -2.12. The molecule has 8 nitrogen and oxygen atoms in total. The van der Waals surface area contributed by atoms with Gasteiger partial charge in [0.1, 0.15) is 0 Å². The van der Waals surface area contributed by atoms with Gasteiger partial charge in [0.05, 0.1) is 25.4 Å². The zero-order chi connectivity index (χ0) is 26.2. The molecule has 0 amide bonds. The van der Waals surface area contributed by atoms with Crippen LogP contribution in [0, 0.1) is 0 Å².